The van der Waals surface area contributed by atoms with Crippen molar-refractivity contribution >= 4 is 15.7 Å². The molecule has 1 fully saturated rings. The molecule has 1 aliphatic heterocycles. The molecule has 1 aromatic rings. The van der Waals surface area contributed by atoms with Crippen LogP contribution in [0.5, 0.6) is 0 Å². The van der Waals surface area contributed by atoms with Gasteiger partial charge in [-0.2, -0.15) is 0 Å². The van der Waals surface area contributed by atoms with Crippen LogP contribution in [0, 0.1) is 0 Å². The number of benzene rings is 1. The Bertz CT molecular complexity index is 539. The first-order valence-electron chi connectivity index (χ1n) is 7.09. The van der Waals surface area contributed by atoms with Crippen LogP contribution in [0.2, 0.25) is 0 Å². The van der Waals surface area contributed by atoms with Crippen molar-refractivity contribution in [3.05, 3.63) is 35.9 Å². The molecular weight excluding hydrogens is 274 g/mol. The molecule has 1 atom stereocenters. The Kier molecular flexibility index (Phi) is 5.17. The number of aryl methyl sites for hydroxylation is 1. The van der Waals surface area contributed by atoms with Gasteiger partial charge in [-0.25, -0.2) is 8.42 Å². The van der Waals surface area contributed by atoms with Crippen LogP contribution >= 0.6 is 0 Å². The zero-order valence-corrected chi connectivity index (χ0v) is 12.4. The van der Waals surface area contributed by atoms with E-state index in [1.807, 2.05) is 18.2 Å². The van der Waals surface area contributed by atoms with Crippen molar-refractivity contribution in [2.45, 2.75) is 38.1 Å². The lowest BCUT2D eigenvalue weighted by atomic mass is 10.1. The summed E-state index contributed by atoms with van der Waals surface area (Å²) in [7, 11) is -2.92. The fraction of sp³-hybridized carbons (Fsp3) is 0.533. The zero-order chi connectivity index (χ0) is 14.4. The second kappa shape index (κ2) is 6.88. The summed E-state index contributed by atoms with van der Waals surface area (Å²) in [4.78, 5) is 11.7. The minimum absolute atomic E-state index is 0.0276. The van der Waals surface area contributed by atoms with Crippen LogP contribution in [0.1, 0.15) is 31.2 Å². The van der Waals surface area contributed by atoms with Crippen molar-refractivity contribution in [1.82, 2.24) is 5.32 Å². The summed E-state index contributed by atoms with van der Waals surface area (Å²) in [5, 5.41) is 2.82. The monoisotopic (exact) mass is 295 g/mol. The van der Waals surface area contributed by atoms with Crippen LogP contribution in [0.25, 0.3) is 0 Å². The summed E-state index contributed by atoms with van der Waals surface area (Å²) in [6.07, 6.45) is 3.81. The molecule has 1 saturated heterocycles. The van der Waals surface area contributed by atoms with Gasteiger partial charge in [0.2, 0.25) is 5.91 Å². The lowest BCUT2D eigenvalue weighted by molar-refractivity contribution is -0.121. The van der Waals surface area contributed by atoms with Gasteiger partial charge < -0.3 is 5.32 Å². The summed E-state index contributed by atoms with van der Waals surface area (Å²) >= 11 is 0. The van der Waals surface area contributed by atoms with E-state index in [1.54, 1.807) is 0 Å². The zero-order valence-electron chi connectivity index (χ0n) is 11.5. The first-order valence-corrected chi connectivity index (χ1v) is 8.91. The average molecular weight is 295 g/mol. The van der Waals surface area contributed by atoms with Gasteiger partial charge in [-0.05, 0) is 31.2 Å². The van der Waals surface area contributed by atoms with Crippen molar-refractivity contribution in [2.75, 3.05) is 11.5 Å². The number of unbranched alkanes of at least 4 members (excludes halogenated alkanes) is 1. The molecule has 1 amide bonds. The van der Waals surface area contributed by atoms with E-state index in [4.69, 9.17) is 0 Å². The Labute approximate surface area is 120 Å². The number of hydrogen-bond donors (Lipinski definition) is 1. The molecular formula is C15H21NO3S. The van der Waals surface area contributed by atoms with Gasteiger partial charge in [-0.1, -0.05) is 30.3 Å². The van der Waals surface area contributed by atoms with Crippen molar-refractivity contribution < 1.29 is 13.2 Å². The standard InChI is InChI=1S/C15H21NO3S/c17-15(16-14-10-11-20(18,19)12-14)9-5-4-8-13-6-2-1-3-7-13/h1-3,6-7,14H,4-5,8-12H2,(H,16,17). The Morgan fingerprint density at radius 1 is 1.20 bits per heavy atom. The van der Waals surface area contributed by atoms with Gasteiger partial charge in [0.25, 0.3) is 0 Å². The third-order valence-corrected chi connectivity index (χ3v) is 5.33. The van der Waals surface area contributed by atoms with Crippen LogP contribution in [-0.4, -0.2) is 31.9 Å². The smallest absolute Gasteiger partial charge is 0.220 e. The van der Waals surface area contributed by atoms with E-state index in [-0.39, 0.29) is 23.5 Å². The summed E-state index contributed by atoms with van der Waals surface area (Å²) < 4.78 is 22.6. The van der Waals surface area contributed by atoms with E-state index in [0.29, 0.717) is 12.8 Å². The molecule has 110 valence electrons. The highest BCUT2D eigenvalue weighted by molar-refractivity contribution is 7.91. The molecule has 2 rings (SSSR count). The van der Waals surface area contributed by atoms with Crippen molar-refractivity contribution in [2.24, 2.45) is 0 Å². The summed E-state index contributed by atoms with van der Waals surface area (Å²) in [6, 6.07) is 10.0. The molecule has 1 aromatic carbocycles. The van der Waals surface area contributed by atoms with Crippen LogP contribution in [0.15, 0.2) is 30.3 Å². The van der Waals surface area contributed by atoms with Gasteiger partial charge in [-0.3, -0.25) is 4.79 Å². The predicted molar refractivity (Wildman–Crippen MR) is 79.2 cm³/mol. The topological polar surface area (TPSA) is 63.2 Å². The summed E-state index contributed by atoms with van der Waals surface area (Å²) in [6.45, 7) is 0. The Morgan fingerprint density at radius 2 is 1.95 bits per heavy atom. The van der Waals surface area contributed by atoms with Crippen LogP contribution in [-0.2, 0) is 21.1 Å². The molecule has 0 bridgehead atoms. The van der Waals surface area contributed by atoms with Gasteiger partial charge in [0.1, 0.15) is 0 Å². The third kappa shape index (κ3) is 4.96. The Hall–Kier alpha value is -1.36. The van der Waals surface area contributed by atoms with Gasteiger partial charge in [0, 0.05) is 12.5 Å². The number of carbonyl (C=O) groups is 1. The maximum atomic E-state index is 11.7. The van der Waals surface area contributed by atoms with E-state index in [1.165, 1.54) is 5.56 Å². The number of amides is 1. The molecule has 5 heteroatoms. The molecule has 0 spiro atoms. The minimum Gasteiger partial charge on any atom is -0.352 e. The second-order valence-electron chi connectivity index (χ2n) is 5.36. The average Bonchev–Trinajstić information content (AvgIpc) is 2.75. The molecule has 0 aromatic heterocycles. The summed E-state index contributed by atoms with van der Waals surface area (Å²) in [5.74, 6) is 0.273. The first kappa shape index (κ1) is 15.0. The number of rotatable bonds is 6. The number of sulfone groups is 1. The molecule has 0 saturated carbocycles. The fourth-order valence-electron chi connectivity index (χ4n) is 2.47. The van der Waals surface area contributed by atoms with E-state index in [0.717, 1.165) is 19.3 Å². The highest BCUT2D eigenvalue weighted by atomic mass is 32.2. The van der Waals surface area contributed by atoms with E-state index in [9.17, 15) is 13.2 Å². The molecule has 0 radical (unpaired) electrons. The van der Waals surface area contributed by atoms with Crippen LogP contribution in [0.4, 0.5) is 0 Å². The van der Waals surface area contributed by atoms with Crippen LogP contribution in [0.3, 0.4) is 0 Å². The predicted octanol–water partition coefficient (Wildman–Crippen LogP) is 1.70. The third-order valence-electron chi connectivity index (χ3n) is 3.56. The Balaban J connectivity index is 1.61. The summed E-state index contributed by atoms with van der Waals surface area (Å²) in [5.41, 5.74) is 1.29. The maximum Gasteiger partial charge on any atom is 0.220 e. The molecule has 0 aliphatic carbocycles. The molecule has 4 nitrogen and oxygen atoms in total. The van der Waals surface area contributed by atoms with Crippen molar-refractivity contribution in [3.8, 4) is 0 Å². The molecule has 1 aliphatic rings. The van der Waals surface area contributed by atoms with Crippen molar-refractivity contribution in [1.29, 1.82) is 0 Å². The quantitative estimate of drug-likeness (QED) is 0.813. The van der Waals surface area contributed by atoms with Crippen molar-refractivity contribution in [3.63, 3.8) is 0 Å². The van der Waals surface area contributed by atoms with Gasteiger partial charge in [0.05, 0.1) is 11.5 Å². The highest BCUT2D eigenvalue weighted by Crippen LogP contribution is 2.12. The maximum absolute atomic E-state index is 11.7. The first-order chi connectivity index (χ1) is 9.55. The number of nitrogens with one attached hydrogen (secondary N) is 1. The Morgan fingerprint density at radius 3 is 2.60 bits per heavy atom. The van der Waals surface area contributed by atoms with E-state index in [2.05, 4.69) is 17.4 Å². The van der Waals surface area contributed by atoms with Gasteiger partial charge in [0.15, 0.2) is 9.84 Å². The number of carbonyl (C=O) groups excluding carboxylic acids is 1. The molecule has 1 unspecified atom stereocenters. The van der Waals surface area contributed by atoms with Crippen LogP contribution < -0.4 is 5.32 Å². The van der Waals surface area contributed by atoms with E-state index < -0.39 is 9.84 Å². The lowest BCUT2D eigenvalue weighted by Gasteiger charge is -2.10. The number of hydrogen-bond acceptors (Lipinski definition) is 3. The molecule has 1 heterocycles. The second-order valence-corrected chi connectivity index (χ2v) is 7.59. The van der Waals surface area contributed by atoms with Gasteiger partial charge in [-0.15, -0.1) is 0 Å². The highest BCUT2D eigenvalue weighted by Gasteiger charge is 2.28. The minimum atomic E-state index is -2.92. The van der Waals surface area contributed by atoms with Gasteiger partial charge >= 0.3 is 0 Å². The van der Waals surface area contributed by atoms with E-state index >= 15 is 0 Å². The normalized spacial score (nSPS) is 20.7. The largest absolute Gasteiger partial charge is 0.352 e. The fourth-order valence-corrected chi connectivity index (χ4v) is 4.14. The molecule has 20 heavy (non-hydrogen) atoms. The lowest BCUT2D eigenvalue weighted by Crippen LogP contribution is -2.35. The molecule has 1 N–H and O–H groups in total. The SMILES string of the molecule is O=C(CCCCc1ccccc1)NC1CCS(=O)(=O)C1.